The molecular formula is C18H21Cl2N3O3. The van der Waals surface area contributed by atoms with Gasteiger partial charge in [-0.3, -0.25) is 9.59 Å². The van der Waals surface area contributed by atoms with Gasteiger partial charge in [0.15, 0.2) is 0 Å². The number of carboxylic acid groups (broad SMARTS) is 1. The summed E-state index contributed by atoms with van der Waals surface area (Å²) < 4.78 is 1.70. The number of amides is 1. The van der Waals surface area contributed by atoms with E-state index in [1.807, 2.05) is 13.8 Å². The molecule has 0 aliphatic heterocycles. The minimum atomic E-state index is -0.875. The largest absolute Gasteiger partial charge is 0.481 e. The summed E-state index contributed by atoms with van der Waals surface area (Å²) in [6.45, 7) is 5.81. The van der Waals surface area contributed by atoms with Crippen molar-refractivity contribution in [2.45, 2.75) is 33.6 Å². The SMILES string of the molecule is Cc1nn(-c2ccc(Cl)cc2Cl)c(C)c1CC(=O)NCC(C)CC(=O)O. The van der Waals surface area contributed by atoms with Crippen molar-refractivity contribution in [2.75, 3.05) is 6.54 Å². The number of aryl methyl sites for hydroxylation is 1. The number of hydrogen-bond donors (Lipinski definition) is 2. The lowest BCUT2D eigenvalue weighted by molar-refractivity contribution is -0.138. The van der Waals surface area contributed by atoms with Crippen LogP contribution in [0.4, 0.5) is 0 Å². The van der Waals surface area contributed by atoms with E-state index < -0.39 is 5.97 Å². The highest BCUT2D eigenvalue weighted by Gasteiger charge is 2.18. The molecule has 0 saturated carbocycles. The number of rotatable bonds is 7. The summed E-state index contributed by atoms with van der Waals surface area (Å²) in [5, 5.41) is 17.0. The maximum Gasteiger partial charge on any atom is 0.303 e. The van der Waals surface area contributed by atoms with Crippen molar-refractivity contribution in [2.24, 2.45) is 5.92 Å². The first-order chi connectivity index (χ1) is 12.2. The number of nitrogens with zero attached hydrogens (tertiary/aromatic N) is 2. The maximum atomic E-state index is 12.2. The van der Waals surface area contributed by atoms with E-state index in [2.05, 4.69) is 10.4 Å². The normalized spacial score (nSPS) is 12.0. The van der Waals surface area contributed by atoms with Crippen LogP contribution in [0.25, 0.3) is 5.69 Å². The third-order valence-corrected chi connectivity index (χ3v) is 4.63. The standard InChI is InChI=1S/C18H21Cl2N3O3/c1-10(6-18(25)26)9-21-17(24)8-14-11(2)22-23(12(14)3)16-5-4-13(19)7-15(16)20/h4-5,7,10H,6,8-9H2,1-3H3,(H,21,24)(H,25,26). The summed E-state index contributed by atoms with van der Waals surface area (Å²) in [5.74, 6) is -1.18. The Labute approximate surface area is 162 Å². The molecule has 8 heteroatoms. The second-order valence-corrected chi connectivity index (χ2v) is 7.18. The van der Waals surface area contributed by atoms with Crippen LogP contribution in [0.5, 0.6) is 0 Å². The fourth-order valence-electron chi connectivity index (χ4n) is 2.70. The molecule has 1 atom stereocenters. The Hall–Kier alpha value is -2.05. The molecule has 1 aromatic heterocycles. The van der Waals surface area contributed by atoms with Gasteiger partial charge in [-0.2, -0.15) is 5.10 Å². The molecule has 0 aliphatic rings. The van der Waals surface area contributed by atoms with Gasteiger partial charge in [0.2, 0.25) is 5.91 Å². The first-order valence-electron chi connectivity index (χ1n) is 8.18. The molecule has 140 valence electrons. The lowest BCUT2D eigenvalue weighted by Crippen LogP contribution is -2.30. The Morgan fingerprint density at radius 3 is 2.62 bits per heavy atom. The van der Waals surface area contributed by atoms with E-state index in [-0.39, 0.29) is 24.7 Å². The average Bonchev–Trinajstić information content (AvgIpc) is 2.80. The van der Waals surface area contributed by atoms with Crippen molar-refractivity contribution >= 4 is 35.1 Å². The fourth-order valence-corrected chi connectivity index (χ4v) is 3.19. The third-order valence-electron chi connectivity index (χ3n) is 4.09. The van der Waals surface area contributed by atoms with E-state index in [1.165, 1.54) is 0 Å². The molecule has 0 radical (unpaired) electrons. The first kappa shape index (κ1) is 20.3. The minimum Gasteiger partial charge on any atom is -0.481 e. The highest BCUT2D eigenvalue weighted by molar-refractivity contribution is 6.35. The number of carbonyl (C=O) groups is 2. The van der Waals surface area contributed by atoms with Crippen LogP contribution in [0.1, 0.15) is 30.3 Å². The van der Waals surface area contributed by atoms with Crippen LogP contribution in [0, 0.1) is 19.8 Å². The fraction of sp³-hybridized carbons (Fsp3) is 0.389. The molecule has 1 amide bonds. The number of nitrogens with one attached hydrogen (secondary N) is 1. The molecule has 0 bridgehead atoms. The summed E-state index contributed by atoms with van der Waals surface area (Å²) in [6, 6.07) is 5.15. The summed E-state index contributed by atoms with van der Waals surface area (Å²) >= 11 is 12.2. The predicted octanol–water partition coefficient (Wildman–Crippen LogP) is 3.57. The van der Waals surface area contributed by atoms with Crippen molar-refractivity contribution < 1.29 is 14.7 Å². The quantitative estimate of drug-likeness (QED) is 0.747. The molecule has 1 aromatic carbocycles. The van der Waals surface area contributed by atoms with Crippen LogP contribution >= 0.6 is 23.2 Å². The van der Waals surface area contributed by atoms with Crippen LogP contribution in [-0.2, 0) is 16.0 Å². The van der Waals surface area contributed by atoms with Gasteiger partial charge in [-0.25, -0.2) is 4.68 Å². The molecule has 2 aromatic rings. The van der Waals surface area contributed by atoms with Gasteiger partial charge in [-0.05, 0) is 38.0 Å². The van der Waals surface area contributed by atoms with Gasteiger partial charge in [0.05, 0.1) is 22.8 Å². The molecular weight excluding hydrogens is 377 g/mol. The molecule has 6 nitrogen and oxygen atoms in total. The van der Waals surface area contributed by atoms with Crippen molar-refractivity contribution in [1.29, 1.82) is 0 Å². The third kappa shape index (κ3) is 4.99. The summed E-state index contributed by atoms with van der Waals surface area (Å²) in [6.07, 6.45) is 0.188. The average molecular weight is 398 g/mol. The number of carboxylic acids is 1. The lowest BCUT2D eigenvalue weighted by Gasteiger charge is -2.11. The number of aliphatic carboxylic acids is 1. The summed E-state index contributed by atoms with van der Waals surface area (Å²) in [4.78, 5) is 22.9. The van der Waals surface area contributed by atoms with E-state index in [4.69, 9.17) is 28.3 Å². The molecule has 0 aliphatic carbocycles. The second-order valence-electron chi connectivity index (χ2n) is 6.34. The minimum absolute atomic E-state index is 0.0192. The van der Waals surface area contributed by atoms with Gasteiger partial charge >= 0.3 is 5.97 Å². The van der Waals surface area contributed by atoms with E-state index >= 15 is 0 Å². The predicted molar refractivity (Wildman–Crippen MR) is 101 cm³/mol. The number of aromatic nitrogens is 2. The van der Waals surface area contributed by atoms with Gasteiger partial charge in [0.1, 0.15) is 0 Å². The topological polar surface area (TPSA) is 84.2 Å². The van der Waals surface area contributed by atoms with E-state index in [0.29, 0.717) is 22.3 Å². The Morgan fingerprint density at radius 2 is 2.00 bits per heavy atom. The van der Waals surface area contributed by atoms with E-state index in [9.17, 15) is 9.59 Å². The van der Waals surface area contributed by atoms with Crippen LogP contribution in [0.15, 0.2) is 18.2 Å². The van der Waals surface area contributed by atoms with Crippen LogP contribution in [-0.4, -0.2) is 33.3 Å². The molecule has 26 heavy (non-hydrogen) atoms. The number of benzene rings is 1. The van der Waals surface area contributed by atoms with E-state index in [0.717, 1.165) is 17.0 Å². The van der Waals surface area contributed by atoms with Crippen molar-refractivity contribution in [3.05, 3.63) is 45.2 Å². The highest BCUT2D eigenvalue weighted by Crippen LogP contribution is 2.27. The molecule has 1 heterocycles. The number of halogens is 2. The van der Waals surface area contributed by atoms with E-state index in [1.54, 1.807) is 29.8 Å². The first-order valence-corrected chi connectivity index (χ1v) is 8.93. The van der Waals surface area contributed by atoms with Gasteiger partial charge in [0, 0.05) is 29.2 Å². The molecule has 2 N–H and O–H groups in total. The monoisotopic (exact) mass is 397 g/mol. The van der Waals surface area contributed by atoms with Crippen molar-refractivity contribution in [3.8, 4) is 5.69 Å². The second kappa shape index (κ2) is 8.56. The Balaban J connectivity index is 2.12. The van der Waals surface area contributed by atoms with Crippen molar-refractivity contribution in [1.82, 2.24) is 15.1 Å². The Kier molecular flexibility index (Phi) is 6.67. The zero-order valence-corrected chi connectivity index (χ0v) is 16.4. The van der Waals surface area contributed by atoms with Crippen LogP contribution < -0.4 is 5.32 Å². The molecule has 0 saturated heterocycles. The lowest BCUT2D eigenvalue weighted by atomic mass is 10.1. The van der Waals surface area contributed by atoms with Crippen molar-refractivity contribution in [3.63, 3.8) is 0 Å². The van der Waals surface area contributed by atoms with Crippen LogP contribution in [0.3, 0.4) is 0 Å². The molecule has 2 rings (SSSR count). The van der Waals surface area contributed by atoms with Gasteiger partial charge < -0.3 is 10.4 Å². The Morgan fingerprint density at radius 1 is 1.31 bits per heavy atom. The zero-order valence-electron chi connectivity index (χ0n) is 14.8. The number of hydrogen-bond acceptors (Lipinski definition) is 3. The summed E-state index contributed by atoms with van der Waals surface area (Å²) in [5.41, 5.74) is 3.07. The number of carbonyl (C=O) groups excluding carboxylic acids is 1. The molecule has 1 unspecified atom stereocenters. The van der Waals surface area contributed by atoms with Crippen LogP contribution in [0.2, 0.25) is 10.0 Å². The maximum absolute atomic E-state index is 12.2. The summed E-state index contributed by atoms with van der Waals surface area (Å²) in [7, 11) is 0. The van der Waals surface area contributed by atoms with Gasteiger partial charge in [0.25, 0.3) is 0 Å². The zero-order chi connectivity index (χ0) is 19.4. The van der Waals surface area contributed by atoms with Gasteiger partial charge in [-0.15, -0.1) is 0 Å². The highest BCUT2D eigenvalue weighted by atomic mass is 35.5. The molecule has 0 spiro atoms. The smallest absolute Gasteiger partial charge is 0.303 e. The Bertz CT molecular complexity index is 833. The molecule has 0 fully saturated rings. The van der Waals surface area contributed by atoms with Gasteiger partial charge in [-0.1, -0.05) is 30.1 Å².